The van der Waals surface area contributed by atoms with E-state index in [1.54, 1.807) is 4.68 Å². The van der Waals surface area contributed by atoms with E-state index in [1.807, 2.05) is 47.3 Å². The third-order valence-electron chi connectivity index (χ3n) is 6.04. The molecule has 2 fully saturated rings. The molecule has 0 aromatic carbocycles. The molecule has 0 bridgehead atoms. The van der Waals surface area contributed by atoms with E-state index in [0.29, 0.717) is 17.8 Å². The van der Waals surface area contributed by atoms with Crippen molar-refractivity contribution in [1.29, 1.82) is 0 Å². The van der Waals surface area contributed by atoms with Gasteiger partial charge in [-0.3, -0.25) is 9.48 Å². The molecule has 0 N–H and O–H groups in total. The topological polar surface area (TPSA) is 68.3 Å². The van der Waals surface area contributed by atoms with E-state index in [-0.39, 0.29) is 5.91 Å². The lowest BCUT2D eigenvalue weighted by molar-refractivity contribution is -0.125. The van der Waals surface area contributed by atoms with Crippen LogP contribution in [0.25, 0.3) is 16.8 Å². The largest absolute Gasteiger partial charge is 0.339 e. The van der Waals surface area contributed by atoms with Crippen molar-refractivity contribution in [3.05, 3.63) is 49.2 Å². The average Bonchev–Trinajstić information content (AvgIpc) is 3.42. The maximum absolute atomic E-state index is 11.9. The number of nitrogens with zero attached hydrogens (tertiary/aromatic N) is 6. The van der Waals surface area contributed by atoms with E-state index in [4.69, 9.17) is 4.98 Å². The summed E-state index contributed by atoms with van der Waals surface area (Å²) in [5, 5.41) is 8.72. The summed E-state index contributed by atoms with van der Waals surface area (Å²) in [4.78, 5) is 18.9. The van der Waals surface area contributed by atoms with Crippen molar-refractivity contribution in [3.63, 3.8) is 0 Å². The van der Waals surface area contributed by atoms with Crippen LogP contribution in [0.5, 0.6) is 0 Å². The molecular weight excluding hydrogens is 340 g/mol. The van der Waals surface area contributed by atoms with Crippen LogP contribution >= 0.6 is 0 Å². The molecule has 1 saturated carbocycles. The lowest BCUT2D eigenvalue weighted by Gasteiger charge is -2.18. The molecule has 0 unspecified atom stereocenters. The average molecular weight is 362 g/mol. The Morgan fingerprint density at radius 1 is 1.22 bits per heavy atom. The summed E-state index contributed by atoms with van der Waals surface area (Å²) in [5.41, 5.74) is 4.09. The van der Waals surface area contributed by atoms with Crippen molar-refractivity contribution in [2.45, 2.75) is 18.8 Å². The Kier molecular flexibility index (Phi) is 3.63. The van der Waals surface area contributed by atoms with Crippen LogP contribution in [0.3, 0.4) is 0 Å². The molecule has 4 heterocycles. The second-order valence-corrected chi connectivity index (χ2v) is 7.71. The Morgan fingerprint density at radius 2 is 2.00 bits per heavy atom. The highest BCUT2D eigenvalue weighted by Gasteiger charge is 2.43. The van der Waals surface area contributed by atoms with Crippen LogP contribution in [0.2, 0.25) is 0 Å². The van der Waals surface area contributed by atoms with Gasteiger partial charge in [0, 0.05) is 37.8 Å². The fourth-order valence-electron chi connectivity index (χ4n) is 4.78. The van der Waals surface area contributed by atoms with E-state index >= 15 is 0 Å². The zero-order chi connectivity index (χ0) is 18.5. The van der Waals surface area contributed by atoms with Gasteiger partial charge in [0.05, 0.1) is 35.5 Å². The van der Waals surface area contributed by atoms with Crippen molar-refractivity contribution in [1.82, 2.24) is 29.3 Å². The standard InChI is InChI=1S/C20H22N6O/c1-3-19(27)25-10-14-6-13(7-15(14)11-25)20-18-4-5-21-26(18)12-17(23-20)16-8-22-24(2)9-16/h3-5,8-9,12-15H,1,6-7,10-11H2,2H3/t13-,14+,15-. The summed E-state index contributed by atoms with van der Waals surface area (Å²) in [7, 11) is 1.91. The molecule has 2 aliphatic rings. The van der Waals surface area contributed by atoms with Gasteiger partial charge < -0.3 is 4.90 Å². The van der Waals surface area contributed by atoms with Crippen LogP contribution in [-0.4, -0.2) is 48.3 Å². The number of hydrogen-bond acceptors (Lipinski definition) is 4. The molecule has 1 aliphatic heterocycles. The number of likely N-dealkylation sites (tertiary alicyclic amines) is 1. The quantitative estimate of drug-likeness (QED) is 0.670. The fraction of sp³-hybridized carbons (Fsp3) is 0.400. The highest BCUT2D eigenvalue weighted by atomic mass is 16.2. The number of amides is 1. The predicted octanol–water partition coefficient (Wildman–Crippen LogP) is 2.27. The van der Waals surface area contributed by atoms with E-state index in [0.717, 1.165) is 48.4 Å². The van der Waals surface area contributed by atoms with Crippen LogP contribution in [0.4, 0.5) is 0 Å². The molecule has 1 amide bonds. The van der Waals surface area contributed by atoms with E-state index in [1.165, 1.54) is 6.08 Å². The molecule has 0 spiro atoms. The maximum Gasteiger partial charge on any atom is 0.245 e. The summed E-state index contributed by atoms with van der Waals surface area (Å²) in [6.45, 7) is 5.29. The molecule has 27 heavy (non-hydrogen) atoms. The van der Waals surface area contributed by atoms with E-state index < -0.39 is 0 Å². The zero-order valence-electron chi connectivity index (χ0n) is 15.3. The Hall–Kier alpha value is -2.96. The monoisotopic (exact) mass is 362 g/mol. The van der Waals surface area contributed by atoms with Gasteiger partial charge >= 0.3 is 0 Å². The first-order valence-electron chi connectivity index (χ1n) is 9.37. The Balaban J connectivity index is 1.47. The summed E-state index contributed by atoms with van der Waals surface area (Å²) in [6, 6.07) is 2.04. The summed E-state index contributed by atoms with van der Waals surface area (Å²) in [5.74, 6) is 1.55. The first kappa shape index (κ1) is 16.2. The van der Waals surface area contributed by atoms with Crippen LogP contribution in [0.1, 0.15) is 24.5 Å². The molecule has 138 valence electrons. The Morgan fingerprint density at radius 3 is 2.67 bits per heavy atom. The molecule has 5 rings (SSSR count). The number of aryl methyl sites for hydroxylation is 1. The predicted molar refractivity (Wildman–Crippen MR) is 101 cm³/mol. The van der Waals surface area contributed by atoms with Crippen molar-refractivity contribution >= 4 is 11.4 Å². The van der Waals surface area contributed by atoms with Crippen molar-refractivity contribution in [2.24, 2.45) is 18.9 Å². The second-order valence-electron chi connectivity index (χ2n) is 7.71. The molecule has 7 nitrogen and oxygen atoms in total. The minimum absolute atomic E-state index is 0.0517. The lowest BCUT2D eigenvalue weighted by atomic mass is 10.00. The summed E-state index contributed by atoms with van der Waals surface area (Å²) >= 11 is 0. The number of hydrogen-bond donors (Lipinski definition) is 0. The normalized spacial score (nSPS) is 24.5. The summed E-state index contributed by atoms with van der Waals surface area (Å²) < 4.78 is 3.71. The Labute approximate surface area is 157 Å². The molecule has 3 atom stereocenters. The number of rotatable bonds is 3. The fourth-order valence-corrected chi connectivity index (χ4v) is 4.78. The number of carbonyl (C=O) groups is 1. The van der Waals surface area contributed by atoms with Crippen LogP contribution in [-0.2, 0) is 11.8 Å². The Bertz CT molecular complexity index is 1020. The van der Waals surface area contributed by atoms with Gasteiger partial charge in [-0.2, -0.15) is 10.2 Å². The number of fused-ring (bicyclic) bond motifs is 2. The number of carbonyl (C=O) groups excluding carboxylic acids is 1. The van der Waals surface area contributed by atoms with Gasteiger partial charge in [-0.1, -0.05) is 6.58 Å². The van der Waals surface area contributed by atoms with Crippen LogP contribution in [0.15, 0.2) is 43.5 Å². The van der Waals surface area contributed by atoms with Crippen molar-refractivity contribution < 1.29 is 4.79 Å². The van der Waals surface area contributed by atoms with Gasteiger partial charge in [-0.05, 0) is 36.8 Å². The van der Waals surface area contributed by atoms with Crippen LogP contribution < -0.4 is 0 Å². The molecule has 3 aromatic rings. The third-order valence-corrected chi connectivity index (χ3v) is 6.04. The van der Waals surface area contributed by atoms with E-state index in [9.17, 15) is 4.79 Å². The highest BCUT2D eigenvalue weighted by molar-refractivity contribution is 5.87. The lowest BCUT2D eigenvalue weighted by Crippen LogP contribution is -2.28. The smallest absolute Gasteiger partial charge is 0.245 e. The summed E-state index contributed by atoms with van der Waals surface area (Å²) in [6.07, 6.45) is 11.2. The van der Waals surface area contributed by atoms with Gasteiger partial charge in [0.2, 0.25) is 5.91 Å². The first-order valence-corrected chi connectivity index (χ1v) is 9.37. The van der Waals surface area contributed by atoms with Crippen molar-refractivity contribution in [2.75, 3.05) is 13.1 Å². The van der Waals surface area contributed by atoms with Gasteiger partial charge in [-0.15, -0.1) is 0 Å². The third kappa shape index (κ3) is 2.65. The molecule has 1 saturated heterocycles. The molecular formula is C20H22N6O. The molecule has 1 aliphatic carbocycles. The molecule has 3 aromatic heterocycles. The maximum atomic E-state index is 11.9. The van der Waals surface area contributed by atoms with Crippen LogP contribution in [0, 0.1) is 11.8 Å². The van der Waals surface area contributed by atoms with E-state index in [2.05, 4.69) is 16.8 Å². The second kappa shape index (κ2) is 6.04. The first-order chi connectivity index (χ1) is 13.1. The minimum atomic E-state index is 0.0517. The highest BCUT2D eigenvalue weighted by Crippen LogP contribution is 2.46. The minimum Gasteiger partial charge on any atom is -0.339 e. The van der Waals surface area contributed by atoms with Gasteiger partial charge in [0.1, 0.15) is 0 Å². The van der Waals surface area contributed by atoms with Gasteiger partial charge in [-0.25, -0.2) is 9.50 Å². The van der Waals surface area contributed by atoms with Crippen molar-refractivity contribution in [3.8, 4) is 11.3 Å². The van der Waals surface area contributed by atoms with Gasteiger partial charge in [0.25, 0.3) is 0 Å². The number of aromatic nitrogens is 5. The van der Waals surface area contributed by atoms with Gasteiger partial charge in [0.15, 0.2) is 0 Å². The molecule has 7 heteroatoms. The molecule has 0 radical (unpaired) electrons. The zero-order valence-corrected chi connectivity index (χ0v) is 15.3. The SMILES string of the molecule is C=CC(=O)N1C[C@H]2C[C@H](c3nc(-c4cnn(C)c4)cn4nccc34)C[C@H]2C1.